The fraction of sp³-hybridized carbons (Fsp3) is 0.333. The summed E-state index contributed by atoms with van der Waals surface area (Å²) in [6.07, 6.45) is 0.413. The summed E-state index contributed by atoms with van der Waals surface area (Å²) in [5.74, 6) is -1.84. The summed E-state index contributed by atoms with van der Waals surface area (Å²) in [6, 6.07) is 5.44. The molecule has 19 heavy (non-hydrogen) atoms. The van der Waals surface area contributed by atoms with Crippen LogP contribution in [0.4, 0.5) is 5.69 Å². The third-order valence-electron chi connectivity index (χ3n) is 3.13. The lowest BCUT2D eigenvalue weighted by Crippen LogP contribution is -2.29. The number of non-ortho nitro benzene ring substituents is 1. The molecule has 1 aromatic rings. The van der Waals surface area contributed by atoms with Crippen LogP contribution in [0.25, 0.3) is 0 Å². The second-order valence-electron chi connectivity index (χ2n) is 4.38. The van der Waals surface area contributed by atoms with Crippen LogP contribution in [0.5, 0.6) is 0 Å². The van der Waals surface area contributed by atoms with Gasteiger partial charge in [-0.25, -0.2) is 0 Å². The van der Waals surface area contributed by atoms with E-state index < -0.39 is 16.8 Å². The number of aliphatic carboxylic acids is 1. The zero-order chi connectivity index (χ0) is 14.0. The molecule has 0 aliphatic carbocycles. The number of carbonyl (C=O) groups excluding carboxylic acids is 1. The Labute approximate surface area is 108 Å². The SMILES string of the molecule is O=C(O)C1CCN(C(=O)c2cccc([N+](=O)[O-])c2)C1. The molecule has 2 rings (SSSR count). The first-order valence-electron chi connectivity index (χ1n) is 5.75. The van der Waals surface area contributed by atoms with E-state index in [0.717, 1.165) is 0 Å². The molecule has 1 aliphatic rings. The molecule has 0 spiro atoms. The number of rotatable bonds is 3. The number of benzene rings is 1. The minimum atomic E-state index is -0.922. The van der Waals surface area contributed by atoms with Crippen LogP contribution in [0, 0.1) is 16.0 Å². The zero-order valence-electron chi connectivity index (χ0n) is 9.98. The van der Waals surface area contributed by atoms with Crippen LogP contribution in [0.15, 0.2) is 24.3 Å². The molecular formula is C12H12N2O5. The Morgan fingerprint density at radius 2 is 2.16 bits per heavy atom. The molecule has 1 fully saturated rings. The summed E-state index contributed by atoms with van der Waals surface area (Å²) < 4.78 is 0. The molecule has 1 aromatic carbocycles. The van der Waals surface area contributed by atoms with Crippen molar-refractivity contribution in [2.75, 3.05) is 13.1 Å². The van der Waals surface area contributed by atoms with Gasteiger partial charge in [-0.1, -0.05) is 6.07 Å². The molecule has 0 aromatic heterocycles. The van der Waals surface area contributed by atoms with Crippen LogP contribution in [-0.2, 0) is 4.79 Å². The number of hydrogen-bond donors (Lipinski definition) is 1. The van der Waals surface area contributed by atoms with E-state index in [0.29, 0.717) is 13.0 Å². The molecule has 0 saturated carbocycles. The molecule has 1 amide bonds. The quantitative estimate of drug-likeness (QED) is 0.651. The maximum Gasteiger partial charge on any atom is 0.308 e. The molecule has 1 N–H and O–H groups in total. The number of likely N-dealkylation sites (tertiary alicyclic amines) is 1. The van der Waals surface area contributed by atoms with Crippen molar-refractivity contribution in [2.45, 2.75) is 6.42 Å². The molecule has 0 radical (unpaired) electrons. The van der Waals surface area contributed by atoms with Crippen LogP contribution in [-0.4, -0.2) is 39.9 Å². The Bertz CT molecular complexity index is 543. The van der Waals surface area contributed by atoms with Gasteiger partial charge in [0.2, 0.25) is 0 Å². The Balaban J connectivity index is 2.14. The van der Waals surface area contributed by atoms with Crippen LogP contribution in [0.1, 0.15) is 16.8 Å². The highest BCUT2D eigenvalue weighted by atomic mass is 16.6. The maximum atomic E-state index is 12.1. The van der Waals surface area contributed by atoms with Crippen molar-refractivity contribution < 1.29 is 19.6 Å². The van der Waals surface area contributed by atoms with Gasteiger partial charge in [0.15, 0.2) is 0 Å². The lowest BCUT2D eigenvalue weighted by Gasteiger charge is -2.15. The van der Waals surface area contributed by atoms with Crippen LogP contribution in [0.2, 0.25) is 0 Å². The first kappa shape index (κ1) is 13.0. The predicted molar refractivity (Wildman–Crippen MR) is 64.7 cm³/mol. The van der Waals surface area contributed by atoms with Crippen molar-refractivity contribution in [1.29, 1.82) is 0 Å². The monoisotopic (exact) mass is 264 g/mol. The van der Waals surface area contributed by atoms with Gasteiger partial charge in [-0.2, -0.15) is 0 Å². The summed E-state index contributed by atoms with van der Waals surface area (Å²) in [4.78, 5) is 34.4. The standard InChI is InChI=1S/C12H12N2O5/c15-11(13-5-4-9(7-13)12(16)17)8-2-1-3-10(6-8)14(18)19/h1-3,6,9H,4-5,7H2,(H,16,17). The molecule has 1 atom stereocenters. The predicted octanol–water partition coefficient (Wildman–Crippen LogP) is 1.14. The van der Waals surface area contributed by atoms with Gasteiger partial charge in [-0.15, -0.1) is 0 Å². The van der Waals surface area contributed by atoms with Gasteiger partial charge in [0.25, 0.3) is 11.6 Å². The van der Waals surface area contributed by atoms with E-state index in [9.17, 15) is 19.7 Å². The molecule has 100 valence electrons. The third kappa shape index (κ3) is 2.70. The van der Waals surface area contributed by atoms with Crippen molar-refractivity contribution in [3.8, 4) is 0 Å². The summed E-state index contributed by atoms with van der Waals surface area (Å²) in [5.41, 5.74) is 0.0556. The van der Waals surface area contributed by atoms with Crippen molar-refractivity contribution in [2.24, 2.45) is 5.92 Å². The number of amides is 1. The number of carboxylic acid groups (broad SMARTS) is 1. The van der Waals surface area contributed by atoms with Gasteiger partial charge < -0.3 is 10.0 Å². The second kappa shape index (κ2) is 5.05. The van der Waals surface area contributed by atoms with E-state index in [4.69, 9.17) is 5.11 Å². The molecule has 0 bridgehead atoms. The Kier molecular flexibility index (Phi) is 3.46. The number of nitro benzene ring substituents is 1. The lowest BCUT2D eigenvalue weighted by atomic mass is 10.1. The molecule has 7 heteroatoms. The maximum absolute atomic E-state index is 12.1. The number of nitrogens with zero attached hydrogens (tertiary/aromatic N) is 2. The average Bonchev–Trinajstić information content (AvgIpc) is 2.87. The smallest absolute Gasteiger partial charge is 0.308 e. The number of nitro groups is 1. The highest BCUT2D eigenvalue weighted by molar-refractivity contribution is 5.95. The third-order valence-corrected chi connectivity index (χ3v) is 3.13. The largest absolute Gasteiger partial charge is 0.481 e. The van der Waals surface area contributed by atoms with Crippen LogP contribution < -0.4 is 0 Å². The first-order valence-corrected chi connectivity index (χ1v) is 5.75. The van der Waals surface area contributed by atoms with E-state index in [2.05, 4.69) is 0 Å². The van der Waals surface area contributed by atoms with E-state index in [1.807, 2.05) is 0 Å². The van der Waals surface area contributed by atoms with Crippen molar-refractivity contribution in [3.05, 3.63) is 39.9 Å². The minimum Gasteiger partial charge on any atom is -0.481 e. The second-order valence-corrected chi connectivity index (χ2v) is 4.38. The number of carbonyl (C=O) groups is 2. The van der Waals surface area contributed by atoms with Gasteiger partial charge in [-0.3, -0.25) is 19.7 Å². The normalized spacial score (nSPS) is 18.3. The van der Waals surface area contributed by atoms with E-state index >= 15 is 0 Å². The van der Waals surface area contributed by atoms with Crippen LogP contribution >= 0.6 is 0 Å². The fourth-order valence-electron chi connectivity index (χ4n) is 2.08. The van der Waals surface area contributed by atoms with Crippen molar-refractivity contribution in [3.63, 3.8) is 0 Å². The van der Waals surface area contributed by atoms with E-state index in [1.54, 1.807) is 0 Å². The van der Waals surface area contributed by atoms with Crippen LogP contribution in [0.3, 0.4) is 0 Å². The van der Waals surface area contributed by atoms with Gasteiger partial charge in [0.1, 0.15) is 0 Å². The number of carboxylic acids is 1. The molecule has 1 saturated heterocycles. The molecule has 1 aliphatic heterocycles. The van der Waals surface area contributed by atoms with Gasteiger partial charge in [-0.05, 0) is 12.5 Å². The van der Waals surface area contributed by atoms with E-state index in [1.165, 1.54) is 29.2 Å². The van der Waals surface area contributed by atoms with Gasteiger partial charge in [0.05, 0.1) is 10.8 Å². The topological polar surface area (TPSA) is 101 Å². The van der Waals surface area contributed by atoms with Gasteiger partial charge in [0, 0.05) is 30.8 Å². The zero-order valence-corrected chi connectivity index (χ0v) is 9.98. The summed E-state index contributed by atoms with van der Waals surface area (Å²) in [6.45, 7) is 0.509. The molecule has 1 heterocycles. The average molecular weight is 264 g/mol. The highest BCUT2D eigenvalue weighted by Gasteiger charge is 2.31. The summed E-state index contributed by atoms with van der Waals surface area (Å²) >= 11 is 0. The summed E-state index contributed by atoms with van der Waals surface area (Å²) in [5, 5.41) is 19.5. The van der Waals surface area contributed by atoms with Gasteiger partial charge >= 0.3 is 5.97 Å². The highest BCUT2D eigenvalue weighted by Crippen LogP contribution is 2.20. The van der Waals surface area contributed by atoms with Crippen molar-refractivity contribution >= 4 is 17.6 Å². The Morgan fingerprint density at radius 1 is 1.42 bits per heavy atom. The first-order chi connectivity index (χ1) is 8.99. The minimum absolute atomic E-state index is 0.150. The molecule has 1 unspecified atom stereocenters. The molecule has 7 nitrogen and oxygen atoms in total. The fourth-order valence-corrected chi connectivity index (χ4v) is 2.08. The van der Waals surface area contributed by atoms with E-state index in [-0.39, 0.29) is 23.7 Å². The number of hydrogen-bond acceptors (Lipinski definition) is 4. The Hall–Kier alpha value is -2.44. The van der Waals surface area contributed by atoms with Crippen molar-refractivity contribution in [1.82, 2.24) is 4.90 Å². The molecular weight excluding hydrogens is 252 g/mol. The summed E-state index contributed by atoms with van der Waals surface area (Å²) in [7, 11) is 0. The Morgan fingerprint density at radius 3 is 2.74 bits per heavy atom. The lowest BCUT2D eigenvalue weighted by molar-refractivity contribution is -0.384.